The van der Waals surface area contributed by atoms with Crippen LogP contribution in [0.5, 0.6) is 17.2 Å². The van der Waals surface area contributed by atoms with Gasteiger partial charge in [-0.3, -0.25) is 56.8 Å². The zero-order chi connectivity index (χ0) is 89.8. The minimum atomic E-state index is -5.84. The van der Waals surface area contributed by atoms with Gasteiger partial charge in [0.15, 0.2) is 55.5 Å². The molecular formula is C68H69F9N3O36S3+3. The Bertz CT molecular complexity index is 4730. The maximum absolute atomic E-state index is 14.2. The number of esters is 12. The van der Waals surface area contributed by atoms with Gasteiger partial charge in [0.05, 0.1) is 0 Å². The lowest BCUT2D eigenvalue weighted by molar-refractivity contribution is -0.765. The van der Waals surface area contributed by atoms with Gasteiger partial charge in [0.2, 0.25) is 18.3 Å². The van der Waals surface area contributed by atoms with Crippen molar-refractivity contribution in [3.05, 3.63) is 144 Å². The fourth-order valence-corrected chi connectivity index (χ4v) is 10.3. The van der Waals surface area contributed by atoms with Crippen LogP contribution >= 0.6 is 0 Å². The molecule has 3 aromatic heterocycles. The molecule has 39 nitrogen and oxygen atoms in total. The van der Waals surface area contributed by atoms with Gasteiger partial charge in [-0.25, -0.2) is 14.4 Å². The summed E-state index contributed by atoms with van der Waals surface area (Å²) in [5.74, 6) is -9.37. The summed E-state index contributed by atoms with van der Waals surface area (Å²) in [4.78, 5) is 151. The highest BCUT2D eigenvalue weighted by Gasteiger charge is 2.58. The Balaban J connectivity index is 0.000000910. The third-order valence-corrected chi connectivity index (χ3v) is 16.6. The summed E-state index contributed by atoms with van der Waals surface area (Å²) in [5.41, 5.74) is -15.9. The molecule has 0 bridgehead atoms. The molecule has 650 valence electrons. The molecule has 0 unspecified atom stereocenters. The highest BCUT2D eigenvalue weighted by molar-refractivity contribution is 7.87. The molecule has 8 rings (SSSR count). The van der Waals surface area contributed by atoms with Gasteiger partial charge in [-0.05, 0) is 53.6 Å². The molecule has 0 spiro atoms. The first-order valence-corrected chi connectivity index (χ1v) is 37.4. The summed E-state index contributed by atoms with van der Waals surface area (Å²) < 4.78 is 261. The number of carbonyl (C=O) groups is 12. The van der Waals surface area contributed by atoms with E-state index < -0.39 is 192 Å². The third kappa shape index (κ3) is 30.3. The highest BCUT2D eigenvalue weighted by Crippen LogP contribution is 2.36. The average molecular weight is 1770 g/mol. The number of ether oxygens (including phenoxy) is 15. The lowest BCUT2D eigenvalue weighted by Crippen LogP contribution is -2.48. The van der Waals surface area contributed by atoms with E-state index in [1.165, 1.54) is 125 Å². The quantitative estimate of drug-likeness (QED) is 0.0118. The van der Waals surface area contributed by atoms with Crippen LogP contribution < -0.4 is 27.9 Å². The Morgan fingerprint density at radius 3 is 0.824 bits per heavy atom. The second kappa shape index (κ2) is 41.6. The average Bonchev–Trinajstić information content (AvgIpc) is 1.64. The molecule has 3 aliphatic rings. The Morgan fingerprint density at radius 1 is 0.353 bits per heavy atom. The first-order valence-electron chi connectivity index (χ1n) is 33.1. The summed E-state index contributed by atoms with van der Waals surface area (Å²) in [6.07, 6.45) is -2.76. The molecule has 2 aromatic carbocycles. The van der Waals surface area contributed by atoms with E-state index in [0.717, 1.165) is 55.4 Å². The Labute approximate surface area is 665 Å². The second-order valence-electron chi connectivity index (χ2n) is 24.2. The fourth-order valence-electron chi connectivity index (χ4n) is 10.3. The first-order chi connectivity index (χ1) is 54.9. The molecule has 0 radical (unpaired) electrons. The summed E-state index contributed by atoms with van der Waals surface area (Å²) in [6, 6.07) is 19.0. The molecule has 5 aromatic rings. The van der Waals surface area contributed by atoms with Gasteiger partial charge in [-0.15, -0.1) is 0 Å². The summed E-state index contributed by atoms with van der Waals surface area (Å²) in [6.45, 7) is 9.19. The van der Waals surface area contributed by atoms with E-state index in [1.807, 2.05) is 0 Å². The number of hydrogen-bond donors (Lipinski definition) is 3. The van der Waals surface area contributed by atoms with Crippen molar-refractivity contribution < 1.29 is 221 Å². The zero-order valence-electron chi connectivity index (χ0n) is 62.5. The number of aromatic nitrogens is 3. The predicted octanol–water partition coefficient (Wildman–Crippen LogP) is 4.53. The SMILES string of the molecule is CC(=O)OC[C@H]1O[C@@H]([n+]2cccc(C(=O)Oc3ccc(/C=C/c4cc(OC(=O)c5ccc[n+]([C@@H]6O[C@H](COC(C)=O)[C@@H](OC(C)=O)[C@H]6OC(C)=O)c5)cc(OC(=O)c5ccc[n+]([C@@H]6O[C@H](COC(C)=O)[C@@H](OC(C)=O)[C@H]6OC(C)=O)c5)c4)cc3)c2)[C@H](OC(C)=O)[C@@H]1OC(C)=O.O=S(=O)(O)C(F)(F)F.O=S(=O)(O)C(F)(F)F.O=S(=O)(O)C(F)(F)F. The number of alkyl halides is 9. The number of halogens is 9. The van der Waals surface area contributed by atoms with Crippen LogP contribution in [0.2, 0.25) is 0 Å². The summed E-state index contributed by atoms with van der Waals surface area (Å²) in [5, 5.41) is 0. The van der Waals surface area contributed by atoms with Crippen LogP contribution in [0.3, 0.4) is 0 Å². The van der Waals surface area contributed by atoms with Crippen molar-refractivity contribution in [2.45, 2.75) is 152 Å². The van der Waals surface area contributed by atoms with Crippen LogP contribution in [0.4, 0.5) is 39.5 Å². The van der Waals surface area contributed by atoms with E-state index in [0.29, 0.717) is 11.1 Å². The van der Waals surface area contributed by atoms with Crippen LogP contribution in [0.1, 0.15) is 123 Å². The number of carbonyl (C=O) groups excluding carboxylic acids is 12. The van der Waals surface area contributed by atoms with Gasteiger partial charge in [0.1, 0.15) is 72.1 Å². The number of benzene rings is 2. The fraction of sp³-hybridized carbons (Fsp3) is 0.397. The second-order valence-corrected chi connectivity index (χ2v) is 28.5. The molecule has 0 saturated carbocycles. The molecule has 51 heteroatoms. The maximum atomic E-state index is 14.2. The monoisotopic (exact) mass is 1770 g/mol. The summed E-state index contributed by atoms with van der Waals surface area (Å²) in [7, 11) is -17.5. The van der Waals surface area contributed by atoms with Crippen molar-refractivity contribution in [3.8, 4) is 17.2 Å². The van der Waals surface area contributed by atoms with Crippen LogP contribution in [0.15, 0.2) is 116 Å². The van der Waals surface area contributed by atoms with Gasteiger partial charge in [-0.1, -0.05) is 24.3 Å². The van der Waals surface area contributed by atoms with Crippen molar-refractivity contribution in [1.82, 2.24) is 0 Å². The molecule has 3 N–H and O–H groups in total. The standard InChI is InChI=1S/C65H66N3O27.3CHF3O3S/c1-34(69)81-31-51-54(84-37(4)72)57(87-40(7)75)60(93-51)66-22-10-13-45(28-66)63(78)90-48-20-18-43(19-21-48)16-17-44-25-49(91-64(79)46-14-11-23-67(29-46)61-58(88-41(8)76)55(85-38(5)73)52(94-61)32-82-35(2)70)27-50(26-44)92-65(80)47-15-12-24-68(30-47)62-59(89-42(9)77)56(86-39(6)74)53(95-62)33-83-36(3)71;3*2-1(3,4)8(5,6)7/h10-30,51-62H,31-33H2,1-9H3;3*(H,5,6,7)/q+3;;;/b17-16+;;;/t51-,52-,53-,54-,55-,56-,57-,58-,59-,60-,61-,62-;;;/m1.../s1. The van der Waals surface area contributed by atoms with Crippen molar-refractivity contribution >= 4 is 114 Å². The number of hydrogen-bond acceptors (Lipinski definition) is 33. The van der Waals surface area contributed by atoms with E-state index in [2.05, 4.69) is 0 Å². The molecule has 12 atom stereocenters. The Morgan fingerprint density at radius 2 is 0.588 bits per heavy atom. The van der Waals surface area contributed by atoms with E-state index in [-0.39, 0.29) is 53.8 Å². The van der Waals surface area contributed by atoms with Gasteiger partial charge < -0.3 is 71.1 Å². The largest absolute Gasteiger partial charge is 0.522 e. The normalized spacial score (nSPS) is 20.9. The smallest absolute Gasteiger partial charge is 0.463 e. The summed E-state index contributed by atoms with van der Waals surface area (Å²) >= 11 is 0. The lowest BCUT2D eigenvalue weighted by atomic mass is 10.1. The molecular weight excluding hydrogens is 1700 g/mol. The molecule has 119 heavy (non-hydrogen) atoms. The first kappa shape index (κ1) is 97.8. The predicted molar refractivity (Wildman–Crippen MR) is 364 cm³/mol. The van der Waals surface area contributed by atoms with Gasteiger partial charge >= 0.3 is 137 Å². The topological polar surface area (TPSA) is 518 Å². The van der Waals surface area contributed by atoms with Crippen molar-refractivity contribution in [2.75, 3.05) is 19.8 Å². The van der Waals surface area contributed by atoms with E-state index in [9.17, 15) is 97.0 Å². The maximum Gasteiger partial charge on any atom is 0.522 e. The molecule has 3 saturated heterocycles. The Hall–Kier alpha value is -11.7. The van der Waals surface area contributed by atoms with Gasteiger partial charge in [-0.2, -0.15) is 78.5 Å². The minimum Gasteiger partial charge on any atom is -0.463 e. The Kier molecular flexibility index (Phi) is 34.2. The van der Waals surface area contributed by atoms with Crippen LogP contribution in [0.25, 0.3) is 12.2 Å². The van der Waals surface area contributed by atoms with Crippen LogP contribution in [-0.4, -0.2) is 202 Å². The molecule has 3 aliphatic heterocycles. The zero-order valence-corrected chi connectivity index (χ0v) is 64.9. The van der Waals surface area contributed by atoms with Gasteiger partial charge in [0.25, 0.3) is 0 Å². The van der Waals surface area contributed by atoms with Crippen LogP contribution in [-0.2, 0) is 130 Å². The molecule has 6 heterocycles. The van der Waals surface area contributed by atoms with E-state index in [4.69, 9.17) is 110 Å². The van der Waals surface area contributed by atoms with E-state index in [1.54, 1.807) is 24.3 Å². The van der Waals surface area contributed by atoms with Crippen LogP contribution in [0, 0.1) is 0 Å². The van der Waals surface area contributed by atoms with Gasteiger partial charge in [0, 0.05) is 86.6 Å². The third-order valence-electron chi connectivity index (χ3n) is 14.8. The molecule has 3 fully saturated rings. The van der Waals surface area contributed by atoms with Crippen molar-refractivity contribution in [3.63, 3.8) is 0 Å². The number of nitrogens with zero attached hydrogens (tertiary/aromatic N) is 3. The lowest BCUT2D eigenvalue weighted by Gasteiger charge is -2.21. The van der Waals surface area contributed by atoms with Crippen molar-refractivity contribution in [1.29, 1.82) is 0 Å². The number of pyridine rings is 3. The number of rotatable bonds is 23. The molecule has 0 aliphatic carbocycles. The van der Waals surface area contributed by atoms with E-state index >= 15 is 0 Å². The highest BCUT2D eigenvalue weighted by atomic mass is 32.2. The van der Waals surface area contributed by atoms with Crippen molar-refractivity contribution in [2.24, 2.45) is 0 Å². The molecule has 0 amide bonds. The minimum absolute atomic E-state index is 0.0247.